The standard InChI is InChI=1S/C21H19FN6O2S/c1-31-20-15(6-4-8-24-20)19(29)23-9-10-28-18-16(11-26-28)21(30)27(13-25-18)12-14-5-2-3-7-17(14)22/h2-8,11,13H,9-10,12H2,1H3,(H,23,29). The van der Waals surface area contributed by atoms with Crippen LogP contribution in [0.3, 0.4) is 0 Å². The minimum atomic E-state index is -0.376. The predicted octanol–water partition coefficient (Wildman–Crippen LogP) is 2.33. The molecule has 4 aromatic rings. The summed E-state index contributed by atoms with van der Waals surface area (Å²) in [5, 5.41) is 8.05. The minimum absolute atomic E-state index is 0.0819. The third-order valence-corrected chi connectivity index (χ3v) is 5.45. The van der Waals surface area contributed by atoms with Gasteiger partial charge in [-0.15, -0.1) is 11.8 Å². The van der Waals surface area contributed by atoms with Crippen LogP contribution < -0.4 is 10.9 Å². The maximum atomic E-state index is 13.9. The number of rotatable bonds is 7. The first-order chi connectivity index (χ1) is 15.1. The van der Waals surface area contributed by atoms with E-state index in [1.54, 1.807) is 41.2 Å². The van der Waals surface area contributed by atoms with E-state index in [2.05, 4.69) is 20.4 Å². The molecule has 0 saturated carbocycles. The monoisotopic (exact) mass is 438 g/mol. The van der Waals surface area contributed by atoms with Crippen LogP contribution in [0.15, 0.2) is 64.9 Å². The summed E-state index contributed by atoms with van der Waals surface area (Å²) in [6.45, 7) is 0.727. The number of fused-ring (bicyclic) bond motifs is 1. The third-order valence-electron chi connectivity index (χ3n) is 4.74. The first-order valence-corrected chi connectivity index (χ1v) is 10.7. The van der Waals surface area contributed by atoms with Crippen molar-refractivity contribution in [2.75, 3.05) is 12.8 Å². The molecule has 158 valence electrons. The number of nitrogens with one attached hydrogen (secondary N) is 1. The van der Waals surface area contributed by atoms with Gasteiger partial charge in [-0.25, -0.2) is 19.0 Å². The Labute approximate surface area is 181 Å². The van der Waals surface area contributed by atoms with E-state index < -0.39 is 0 Å². The molecule has 8 nitrogen and oxygen atoms in total. The summed E-state index contributed by atoms with van der Waals surface area (Å²) in [6.07, 6.45) is 6.33. The summed E-state index contributed by atoms with van der Waals surface area (Å²) in [6, 6.07) is 9.73. The van der Waals surface area contributed by atoms with Crippen LogP contribution in [0.2, 0.25) is 0 Å². The van der Waals surface area contributed by atoms with Crippen molar-refractivity contribution in [3.63, 3.8) is 0 Å². The van der Waals surface area contributed by atoms with Gasteiger partial charge in [0.2, 0.25) is 0 Å². The first-order valence-electron chi connectivity index (χ1n) is 9.50. The lowest BCUT2D eigenvalue weighted by Crippen LogP contribution is -2.28. The molecule has 0 spiro atoms. The molecule has 0 atom stereocenters. The van der Waals surface area contributed by atoms with Crippen molar-refractivity contribution < 1.29 is 9.18 Å². The second kappa shape index (κ2) is 9.09. The lowest BCUT2D eigenvalue weighted by atomic mass is 10.2. The molecule has 1 N–H and O–H groups in total. The van der Waals surface area contributed by atoms with E-state index in [1.807, 2.05) is 6.26 Å². The number of aromatic nitrogens is 5. The van der Waals surface area contributed by atoms with E-state index in [4.69, 9.17) is 0 Å². The number of halogens is 1. The number of benzene rings is 1. The van der Waals surface area contributed by atoms with Crippen molar-refractivity contribution in [1.29, 1.82) is 0 Å². The Morgan fingerprint density at radius 1 is 1.19 bits per heavy atom. The van der Waals surface area contributed by atoms with Crippen LogP contribution in [0.25, 0.3) is 11.0 Å². The van der Waals surface area contributed by atoms with Crippen LogP contribution in [-0.2, 0) is 13.1 Å². The van der Waals surface area contributed by atoms with E-state index >= 15 is 0 Å². The Balaban J connectivity index is 1.47. The van der Waals surface area contributed by atoms with Crippen LogP contribution in [0.5, 0.6) is 0 Å². The number of carbonyl (C=O) groups excluding carboxylic acids is 1. The third kappa shape index (κ3) is 4.33. The van der Waals surface area contributed by atoms with Crippen LogP contribution >= 0.6 is 11.8 Å². The molecule has 0 fully saturated rings. The second-order valence-corrected chi connectivity index (χ2v) is 7.49. The number of pyridine rings is 1. The Bertz CT molecular complexity index is 1300. The summed E-state index contributed by atoms with van der Waals surface area (Å²) in [4.78, 5) is 33.7. The summed E-state index contributed by atoms with van der Waals surface area (Å²) in [7, 11) is 0. The van der Waals surface area contributed by atoms with E-state index in [0.717, 1.165) is 0 Å². The quantitative estimate of drug-likeness (QED) is 0.445. The molecule has 0 aliphatic rings. The van der Waals surface area contributed by atoms with Gasteiger partial charge in [0.05, 0.1) is 24.8 Å². The summed E-state index contributed by atoms with van der Waals surface area (Å²) >= 11 is 1.40. The highest BCUT2D eigenvalue weighted by Gasteiger charge is 2.13. The number of hydrogen-bond acceptors (Lipinski definition) is 6. The Morgan fingerprint density at radius 3 is 2.84 bits per heavy atom. The molecule has 1 aromatic carbocycles. The van der Waals surface area contributed by atoms with Gasteiger partial charge in [0.1, 0.15) is 22.6 Å². The van der Waals surface area contributed by atoms with Gasteiger partial charge in [0.25, 0.3) is 11.5 Å². The SMILES string of the molecule is CSc1ncccc1C(=O)NCCn1ncc2c(=O)n(Cc3ccccc3F)cnc21. The molecule has 0 aliphatic heterocycles. The van der Waals surface area contributed by atoms with E-state index in [9.17, 15) is 14.0 Å². The maximum absolute atomic E-state index is 13.9. The molecule has 10 heteroatoms. The van der Waals surface area contributed by atoms with Crippen molar-refractivity contribution in [2.24, 2.45) is 0 Å². The molecule has 1 amide bonds. The zero-order valence-electron chi connectivity index (χ0n) is 16.7. The zero-order chi connectivity index (χ0) is 21.8. The van der Waals surface area contributed by atoms with Gasteiger partial charge >= 0.3 is 0 Å². The van der Waals surface area contributed by atoms with E-state index in [1.165, 1.54) is 34.9 Å². The second-order valence-electron chi connectivity index (χ2n) is 6.69. The average Bonchev–Trinajstić information content (AvgIpc) is 3.20. The largest absolute Gasteiger partial charge is 0.350 e. The molecule has 4 rings (SSSR count). The van der Waals surface area contributed by atoms with Gasteiger partial charge in [-0.3, -0.25) is 14.2 Å². The Hall–Kier alpha value is -3.53. The highest BCUT2D eigenvalue weighted by atomic mass is 32.2. The normalized spacial score (nSPS) is 11.0. The zero-order valence-corrected chi connectivity index (χ0v) is 17.5. The molecule has 0 bridgehead atoms. The predicted molar refractivity (Wildman–Crippen MR) is 116 cm³/mol. The van der Waals surface area contributed by atoms with Gasteiger partial charge in [-0.2, -0.15) is 5.10 Å². The maximum Gasteiger partial charge on any atom is 0.264 e. The van der Waals surface area contributed by atoms with Gasteiger partial charge in [-0.1, -0.05) is 18.2 Å². The summed E-state index contributed by atoms with van der Waals surface area (Å²) in [5.74, 6) is -0.603. The Morgan fingerprint density at radius 2 is 2.03 bits per heavy atom. The van der Waals surface area contributed by atoms with Gasteiger partial charge in [0, 0.05) is 18.3 Å². The summed E-state index contributed by atoms with van der Waals surface area (Å²) in [5.41, 5.74) is 1.02. The molecular weight excluding hydrogens is 419 g/mol. The van der Waals surface area contributed by atoms with Crippen molar-refractivity contribution in [1.82, 2.24) is 29.6 Å². The molecular formula is C21H19FN6O2S. The fourth-order valence-corrected chi connectivity index (χ4v) is 3.73. The molecule has 0 aliphatic carbocycles. The van der Waals surface area contributed by atoms with E-state index in [0.29, 0.717) is 40.3 Å². The first kappa shape index (κ1) is 20.7. The lowest BCUT2D eigenvalue weighted by molar-refractivity contribution is 0.0948. The number of carbonyl (C=O) groups is 1. The number of hydrogen-bond donors (Lipinski definition) is 1. The highest BCUT2D eigenvalue weighted by molar-refractivity contribution is 7.98. The van der Waals surface area contributed by atoms with Crippen molar-refractivity contribution >= 4 is 28.7 Å². The van der Waals surface area contributed by atoms with E-state index in [-0.39, 0.29) is 23.8 Å². The summed E-state index contributed by atoms with van der Waals surface area (Å²) < 4.78 is 16.8. The molecule has 0 radical (unpaired) electrons. The molecule has 0 unspecified atom stereocenters. The lowest BCUT2D eigenvalue weighted by Gasteiger charge is -2.09. The van der Waals surface area contributed by atoms with Gasteiger partial charge in [0.15, 0.2) is 5.65 Å². The molecule has 31 heavy (non-hydrogen) atoms. The van der Waals surface area contributed by atoms with Crippen LogP contribution in [0.4, 0.5) is 4.39 Å². The van der Waals surface area contributed by atoms with Crippen LogP contribution in [0, 0.1) is 5.82 Å². The Kier molecular flexibility index (Phi) is 6.08. The number of thioether (sulfide) groups is 1. The molecule has 3 aromatic heterocycles. The van der Waals surface area contributed by atoms with Crippen molar-refractivity contribution in [3.05, 3.63) is 82.4 Å². The van der Waals surface area contributed by atoms with Crippen molar-refractivity contribution in [2.45, 2.75) is 18.1 Å². The van der Waals surface area contributed by atoms with Gasteiger partial charge < -0.3 is 5.32 Å². The average molecular weight is 438 g/mol. The van der Waals surface area contributed by atoms with Crippen LogP contribution in [-0.4, -0.2) is 43.0 Å². The molecule has 3 heterocycles. The highest BCUT2D eigenvalue weighted by Crippen LogP contribution is 2.16. The minimum Gasteiger partial charge on any atom is -0.350 e. The molecule has 0 saturated heterocycles. The number of amides is 1. The fourth-order valence-electron chi connectivity index (χ4n) is 3.18. The number of nitrogens with zero attached hydrogens (tertiary/aromatic N) is 5. The van der Waals surface area contributed by atoms with Crippen molar-refractivity contribution in [3.8, 4) is 0 Å². The van der Waals surface area contributed by atoms with Crippen LogP contribution in [0.1, 0.15) is 15.9 Å². The topological polar surface area (TPSA) is 94.7 Å². The fraction of sp³-hybridized carbons (Fsp3) is 0.190. The smallest absolute Gasteiger partial charge is 0.264 e. The van der Waals surface area contributed by atoms with Gasteiger partial charge in [-0.05, 0) is 24.5 Å².